The zero-order valence-electron chi connectivity index (χ0n) is 11.2. The van der Waals surface area contributed by atoms with Crippen LogP contribution in [0.15, 0.2) is 18.2 Å². The number of rotatable bonds is 3. The Kier molecular flexibility index (Phi) is 3.71. The zero-order valence-corrected chi connectivity index (χ0v) is 11.2. The molecule has 0 aliphatic carbocycles. The van der Waals surface area contributed by atoms with Gasteiger partial charge in [0, 0.05) is 30.6 Å². The lowest BCUT2D eigenvalue weighted by molar-refractivity contribution is 0.0170. The van der Waals surface area contributed by atoms with E-state index in [1.165, 1.54) is 6.07 Å². The number of fused-ring (bicyclic) bond motifs is 1. The lowest BCUT2D eigenvalue weighted by Crippen LogP contribution is -2.42. The van der Waals surface area contributed by atoms with Gasteiger partial charge in [-0.1, -0.05) is 0 Å². The molecule has 0 radical (unpaired) electrons. The molecule has 1 fully saturated rings. The molecule has 0 amide bonds. The van der Waals surface area contributed by atoms with E-state index < -0.39 is 0 Å². The van der Waals surface area contributed by atoms with E-state index in [1.54, 1.807) is 12.1 Å². The van der Waals surface area contributed by atoms with Gasteiger partial charge in [-0.2, -0.15) is 0 Å². The Bertz CT molecular complexity index is 452. The Morgan fingerprint density at radius 1 is 1.42 bits per heavy atom. The summed E-state index contributed by atoms with van der Waals surface area (Å²) in [7, 11) is 2.00. The summed E-state index contributed by atoms with van der Waals surface area (Å²) in [6, 6.07) is 5.28. The normalized spacial score (nSPS) is 29.9. The molecule has 4 heteroatoms. The highest BCUT2D eigenvalue weighted by atomic mass is 19.1. The van der Waals surface area contributed by atoms with Crippen LogP contribution in [0.4, 0.5) is 4.39 Å². The van der Waals surface area contributed by atoms with Crippen molar-refractivity contribution in [3.8, 4) is 5.75 Å². The van der Waals surface area contributed by atoms with Crippen molar-refractivity contribution in [1.82, 2.24) is 5.32 Å². The smallest absolute Gasteiger partial charge is 0.123 e. The number of ether oxygens (including phenoxy) is 2. The van der Waals surface area contributed by atoms with Crippen LogP contribution >= 0.6 is 0 Å². The predicted molar refractivity (Wildman–Crippen MR) is 70.9 cm³/mol. The minimum absolute atomic E-state index is 0.152. The van der Waals surface area contributed by atoms with Crippen molar-refractivity contribution in [2.24, 2.45) is 5.92 Å². The van der Waals surface area contributed by atoms with Gasteiger partial charge in [0.15, 0.2) is 0 Å². The van der Waals surface area contributed by atoms with Gasteiger partial charge in [0.2, 0.25) is 0 Å². The standard InChI is InChI=1S/C15H20FNO2/c1-17-14-4-5-18-9-11(14)8-13-7-10-6-12(16)2-3-15(10)19-13/h2-3,6,11,13-14,17H,4-5,7-9H2,1H3. The van der Waals surface area contributed by atoms with Crippen molar-refractivity contribution in [1.29, 1.82) is 0 Å². The minimum Gasteiger partial charge on any atom is -0.490 e. The molecule has 1 aromatic rings. The van der Waals surface area contributed by atoms with E-state index in [9.17, 15) is 4.39 Å². The Hall–Kier alpha value is -1.13. The van der Waals surface area contributed by atoms with Crippen LogP contribution in [-0.2, 0) is 11.2 Å². The zero-order chi connectivity index (χ0) is 13.2. The first-order chi connectivity index (χ1) is 9.26. The molecule has 2 aliphatic heterocycles. The molecule has 3 rings (SSSR count). The fraction of sp³-hybridized carbons (Fsp3) is 0.600. The van der Waals surface area contributed by atoms with Crippen molar-refractivity contribution < 1.29 is 13.9 Å². The maximum Gasteiger partial charge on any atom is 0.123 e. The van der Waals surface area contributed by atoms with Gasteiger partial charge in [-0.25, -0.2) is 4.39 Å². The third-order valence-corrected chi connectivity index (χ3v) is 4.17. The van der Waals surface area contributed by atoms with Crippen molar-refractivity contribution in [2.75, 3.05) is 20.3 Å². The summed E-state index contributed by atoms with van der Waals surface area (Å²) in [6.07, 6.45) is 2.97. The summed E-state index contributed by atoms with van der Waals surface area (Å²) in [6.45, 7) is 1.62. The fourth-order valence-electron chi connectivity index (χ4n) is 3.17. The van der Waals surface area contributed by atoms with E-state index in [-0.39, 0.29) is 11.9 Å². The van der Waals surface area contributed by atoms with E-state index in [2.05, 4.69) is 5.32 Å². The summed E-state index contributed by atoms with van der Waals surface area (Å²) in [5.74, 6) is 1.13. The van der Waals surface area contributed by atoms with Gasteiger partial charge in [0.25, 0.3) is 0 Å². The Balaban J connectivity index is 1.63. The Morgan fingerprint density at radius 3 is 3.16 bits per heavy atom. The van der Waals surface area contributed by atoms with Gasteiger partial charge in [0.1, 0.15) is 17.7 Å². The molecule has 2 aliphatic rings. The third-order valence-electron chi connectivity index (χ3n) is 4.17. The van der Waals surface area contributed by atoms with Crippen LogP contribution in [0.5, 0.6) is 5.75 Å². The molecule has 3 nitrogen and oxygen atoms in total. The van der Waals surface area contributed by atoms with Crippen LogP contribution in [0, 0.1) is 11.7 Å². The summed E-state index contributed by atoms with van der Waals surface area (Å²) in [4.78, 5) is 0. The summed E-state index contributed by atoms with van der Waals surface area (Å²) in [5.41, 5.74) is 0.989. The summed E-state index contributed by atoms with van der Waals surface area (Å²) >= 11 is 0. The molecular formula is C15H20FNO2. The quantitative estimate of drug-likeness (QED) is 0.908. The van der Waals surface area contributed by atoms with Crippen molar-refractivity contribution in [2.45, 2.75) is 31.4 Å². The van der Waals surface area contributed by atoms with Gasteiger partial charge < -0.3 is 14.8 Å². The number of benzene rings is 1. The van der Waals surface area contributed by atoms with Crippen molar-refractivity contribution in [3.63, 3.8) is 0 Å². The number of halogens is 1. The van der Waals surface area contributed by atoms with Gasteiger partial charge in [-0.3, -0.25) is 0 Å². The van der Waals surface area contributed by atoms with Crippen LogP contribution < -0.4 is 10.1 Å². The van der Waals surface area contributed by atoms with Crippen LogP contribution in [0.1, 0.15) is 18.4 Å². The minimum atomic E-state index is -0.183. The maximum absolute atomic E-state index is 13.2. The Morgan fingerprint density at radius 2 is 2.32 bits per heavy atom. The van der Waals surface area contributed by atoms with Gasteiger partial charge in [-0.15, -0.1) is 0 Å². The molecule has 1 aromatic carbocycles. The molecule has 19 heavy (non-hydrogen) atoms. The van der Waals surface area contributed by atoms with Crippen LogP contribution in [-0.4, -0.2) is 32.4 Å². The maximum atomic E-state index is 13.2. The second-order valence-corrected chi connectivity index (χ2v) is 5.45. The molecule has 0 spiro atoms. The van der Waals surface area contributed by atoms with Gasteiger partial charge >= 0.3 is 0 Å². The highest BCUT2D eigenvalue weighted by Gasteiger charge is 2.31. The van der Waals surface area contributed by atoms with E-state index in [0.717, 1.165) is 43.8 Å². The molecular weight excluding hydrogens is 245 g/mol. The Labute approximate surface area is 113 Å². The average molecular weight is 265 g/mol. The largest absolute Gasteiger partial charge is 0.490 e. The van der Waals surface area contributed by atoms with Crippen LogP contribution in [0.3, 0.4) is 0 Å². The van der Waals surface area contributed by atoms with E-state index in [4.69, 9.17) is 9.47 Å². The second kappa shape index (κ2) is 5.47. The van der Waals surface area contributed by atoms with Gasteiger partial charge in [0.05, 0.1) is 6.61 Å². The second-order valence-electron chi connectivity index (χ2n) is 5.45. The van der Waals surface area contributed by atoms with Crippen LogP contribution in [0.25, 0.3) is 0 Å². The molecule has 1 saturated heterocycles. The van der Waals surface area contributed by atoms with E-state index >= 15 is 0 Å². The first-order valence-electron chi connectivity index (χ1n) is 6.96. The molecule has 2 heterocycles. The van der Waals surface area contributed by atoms with Crippen LogP contribution in [0.2, 0.25) is 0 Å². The highest BCUT2D eigenvalue weighted by Crippen LogP contribution is 2.33. The SMILES string of the molecule is CNC1CCOCC1CC1Cc2cc(F)ccc2O1. The number of hydrogen-bond acceptors (Lipinski definition) is 3. The lowest BCUT2D eigenvalue weighted by Gasteiger charge is -2.32. The molecule has 1 N–H and O–H groups in total. The van der Waals surface area contributed by atoms with E-state index in [1.807, 2.05) is 7.05 Å². The molecule has 104 valence electrons. The molecule has 0 aromatic heterocycles. The topological polar surface area (TPSA) is 30.5 Å². The molecule has 3 atom stereocenters. The average Bonchev–Trinajstić information content (AvgIpc) is 2.80. The van der Waals surface area contributed by atoms with E-state index in [0.29, 0.717) is 12.0 Å². The van der Waals surface area contributed by atoms with Crippen molar-refractivity contribution in [3.05, 3.63) is 29.6 Å². The molecule has 3 unspecified atom stereocenters. The third kappa shape index (κ3) is 2.74. The van der Waals surface area contributed by atoms with Crippen molar-refractivity contribution >= 4 is 0 Å². The lowest BCUT2D eigenvalue weighted by atomic mass is 9.89. The van der Waals surface area contributed by atoms with Gasteiger partial charge in [-0.05, 0) is 38.1 Å². The summed E-state index contributed by atoms with van der Waals surface area (Å²) in [5, 5.41) is 3.36. The first-order valence-corrected chi connectivity index (χ1v) is 6.96. The molecule has 0 saturated carbocycles. The fourth-order valence-corrected chi connectivity index (χ4v) is 3.17. The monoisotopic (exact) mass is 265 g/mol. The first kappa shape index (κ1) is 12.9. The number of nitrogens with one attached hydrogen (secondary N) is 1. The highest BCUT2D eigenvalue weighted by molar-refractivity contribution is 5.37. The predicted octanol–water partition coefficient (Wildman–Crippen LogP) is 2.14. The number of hydrogen-bond donors (Lipinski definition) is 1. The molecule has 0 bridgehead atoms. The summed E-state index contributed by atoms with van der Waals surface area (Å²) < 4.78 is 24.7.